The monoisotopic (exact) mass is 327 g/mol. The van der Waals surface area contributed by atoms with Crippen LogP contribution in [-0.2, 0) is 9.59 Å². The molecule has 1 fully saturated rings. The number of carboxylic acids is 1. The van der Waals surface area contributed by atoms with Gasteiger partial charge in [0.2, 0.25) is 5.91 Å². The Morgan fingerprint density at radius 1 is 1.38 bits per heavy atom. The highest BCUT2D eigenvalue weighted by molar-refractivity contribution is 7.99. The zero-order chi connectivity index (χ0) is 15.4. The number of phenols is 1. The lowest BCUT2D eigenvalue weighted by Crippen LogP contribution is -2.42. The zero-order valence-electron chi connectivity index (χ0n) is 11.3. The average Bonchev–Trinajstić information content (AvgIpc) is 2.90. The van der Waals surface area contributed by atoms with Crippen LogP contribution < -0.4 is 0 Å². The predicted octanol–water partition coefficient (Wildman–Crippen LogP) is 2.13. The number of para-hydroxylation sites is 1. The summed E-state index contributed by atoms with van der Waals surface area (Å²) in [6.45, 7) is 0. The van der Waals surface area contributed by atoms with Crippen LogP contribution in [0.4, 0.5) is 0 Å². The van der Waals surface area contributed by atoms with Crippen molar-refractivity contribution in [3.05, 3.63) is 29.8 Å². The van der Waals surface area contributed by atoms with E-state index in [-0.39, 0.29) is 18.1 Å². The highest BCUT2D eigenvalue weighted by Gasteiger charge is 2.42. The van der Waals surface area contributed by atoms with E-state index in [0.717, 1.165) is 0 Å². The number of rotatable bonds is 5. The van der Waals surface area contributed by atoms with Crippen LogP contribution in [0, 0.1) is 0 Å². The molecule has 2 N–H and O–H groups in total. The van der Waals surface area contributed by atoms with Crippen LogP contribution in [0.15, 0.2) is 24.3 Å². The molecule has 2 rings (SSSR count). The predicted molar refractivity (Wildman–Crippen MR) is 84.7 cm³/mol. The number of amides is 1. The Bertz CT molecular complexity index is 537. The Kier molecular flexibility index (Phi) is 5.41. The third-order valence-corrected chi connectivity index (χ3v) is 4.95. The molecular formula is C14H17NO4S2. The largest absolute Gasteiger partial charge is 0.508 e. The quantitative estimate of drug-likeness (QED) is 0.722. The zero-order valence-corrected chi connectivity index (χ0v) is 13.0. The smallest absolute Gasteiger partial charge is 0.327 e. The summed E-state index contributed by atoms with van der Waals surface area (Å²) < 4.78 is 0. The van der Waals surface area contributed by atoms with Gasteiger partial charge in [-0.05, 0) is 18.2 Å². The van der Waals surface area contributed by atoms with Crippen molar-refractivity contribution in [3.63, 3.8) is 0 Å². The molecule has 1 aliphatic rings. The van der Waals surface area contributed by atoms with Crippen LogP contribution in [0.25, 0.3) is 0 Å². The standard InChI is InChI=1S/C14H17NO4S2/c16-11-5-2-1-4-9(11)13-15(12(17)6-3-7-20)10(8-21-13)14(18)19/h1-2,4-5,10,13,16,20H,3,6-8H2,(H,18,19). The van der Waals surface area contributed by atoms with Crippen molar-refractivity contribution in [2.45, 2.75) is 24.3 Å². The number of benzene rings is 1. The molecule has 114 valence electrons. The van der Waals surface area contributed by atoms with E-state index in [9.17, 15) is 19.8 Å². The Morgan fingerprint density at radius 3 is 2.71 bits per heavy atom. The van der Waals surface area contributed by atoms with E-state index in [1.807, 2.05) is 0 Å². The van der Waals surface area contributed by atoms with Gasteiger partial charge < -0.3 is 15.1 Å². The topological polar surface area (TPSA) is 77.8 Å². The van der Waals surface area contributed by atoms with Crippen molar-refractivity contribution in [3.8, 4) is 5.75 Å². The number of hydrogen-bond donors (Lipinski definition) is 3. The van der Waals surface area contributed by atoms with Gasteiger partial charge in [-0.2, -0.15) is 12.6 Å². The van der Waals surface area contributed by atoms with Gasteiger partial charge in [0.1, 0.15) is 17.2 Å². The first-order valence-electron chi connectivity index (χ1n) is 6.60. The number of thioether (sulfide) groups is 1. The minimum Gasteiger partial charge on any atom is -0.508 e. The van der Waals surface area contributed by atoms with Crippen LogP contribution in [0.1, 0.15) is 23.8 Å². The Hall–Kier alpha value is -1.34. The molecule has 2 unspecified atom stereocenters. The summed E-state index contributed by atoms with van der Waals surface area (Å²) in [5.41, 5.74) is 0.575. The number of carbonyl (C=O) groups is 2. The second-order valence-electron chi connectivity index (χ2n) is 4.73. The van der Waals surface area contributed by atoms with Crippen molar-refractivity contribution in [1.29, 1.82) is 0 Å². The number of aromatic hydroxyl groups is 1. The van der Waals surface area contributed by atoms with Crippen LogP contribution >= 0.6 is 24.4 Å². The number of carboxylic acid groups (broad SMARTS) is 1. The first kappa shape index (κ1) is 16.0. The number of thiol groups is 1. The van der Waals surface area contributed by atoms with Gasteiger partial charge in [-0.1, -0.05) is 18.2 Å². The van der Waals surface area contributed by atoms with Gasteiger partial charge in [-0.15, -0.1) is 11.8 Å². The molecule has 1 aromatic rings. The summed E-state index contributed by atoms with van der Waals surface area (Å²) in [7, 11) is 0. The van der Waals surface area contributed by atoms with Crippen LogP contribution in [0.2, 0.25) is 0 Å². The molecule has 1 saturated heterocycles. The van der Waals surface area contributed by atoms with Crippen molar-refractivity contribution >= 4 is 36.3 Å². The van der Waals surface area contributed by atoms with Gasteiger partial charge in [0.25, 0.3) is 0 Å². The van der Waals surface area contributed by atoms with Gasteiger partial charge in [0.05, 0.1) is 0 Å². The fourth-order valence-corrected chi connectivity index (χ4v) is 3.93. The van der Waals surface area contributed by atoms with Crippen LogP contribution in [-0.4, -0.2) is 44.5 Å². The average molecular weight is 327 g/mol. The minimum atomic E-state index is -1.01. The fourth-order valence-electron chi connectivity index (χ4n) is 2.30. The maximum Gasteiger partial charge on any atom is 0.327 e. The lowest BCUT2D eigenvalue weighted by atomic mass is 10.1. The van der Waals surface area contributed by atoms with Crippen LogP contribution in [0.5, 0.6) is 5.75 Å². The third-order valence-electron chi connectivity index (χ3n) is 3.32. The van der Waals surface area contributed by atoms with Gasteiger partial charge in [0, 0.05) is 17.7 Å². The minimum absolute atomic E-state index is 0.0769. The maximum atomic E-state index is 12.3. The van der Waals surface area contributed by atoms with Crippen molar-refractivity contribution < 1.29 is 19.8 Å². The van der Waals surface area contributed by atoms with E-state index in [1.54, 1.807) is 24.3 Å². The molecule has 0 saturated carbocycles. The molecule has 1 aliphatic heterocycles. The number of phenolic OH excluding ortho intramolecular Hbond substituents is 1. The number of nitrogens with zero attached hydrogens (tertiary/aromatic N) is 1. The number of hydrogen-bond acceptors (Lipinski definition) is 5. The van der Waals surface area contributed by atoms with Gasteiger partial charge in [-0.3, -0.25) is 4.79 Å². The van der Waals surface area contributed by atoms with Crippen LogP contribution in [0.3, 0.4) is 0 Å². The first-order valence-corrected chi connectivity index (χ1v) is 8.28. The highest BCUT2D eigenvalue weighted by atomic mass is 32.2. The molecule has 1 heterocycles. The molecule has 1 amide bonds. The molecule has 1 aromatic carbocycles. The van der Waals surface area contributed by atoms with Crippen molar-refractivity contribution in [2.24, 2.45) is 0 Å². The first-order chi connectivity index (χ1) is 10.1. The van der Waals surface area contributed by atoms with E-state index < -0.39 is 17.4 Å². The second kappa shape index (κ2) is 7.09. The van der Waals surface area contributed by atoms with Crippen molar-refractivity contribution in [2.75, 3.05) is 11.5 Å². The summed E-state index contributed by atoms with van der Waals surface area (Å²) in [5.74, 6) is -0.255. The summed E-state index contributed by atoms with van der Waals surface area (Å²) in [6, 6.07) is 5.86. The SMILES string of the molecule is O=C(O)C1CSC(c2ccccc2O)N1C(=O)CCCS. The lowest BCUT2D eigenvalue weighted by Gasteiger charge is -2.28. The number of aliphatic carboxylic acids is 1. The molecule has 2 atom stereocenters. The molecule has 5 nitrogen and oxygen atoms in total. The van der Waals surface area contributed by atoms with E-state index >= 15 is 0 Å². The van der Waals surface area contributed by atoms with Gasteiger partial charge >= 0.3 is 5.97 Å². The van der Waals surface area contributed by atoms with Gasteiger partial charge in [-0.25, -0.2) is 4.79 Å². The highest BCUT2D eigenvalue weighted by Crippen LogP contribution is 2.44. The molecule has 0 aromatic heterocycles. The summed E-state index contributed by atoms with van der Waals surface area (Å²) in [6.07, 6.45) is 0.862. The van der Waals surface area contributed by atoms with Gasteiger partial charge in [0.15, 0.2) is 0 Å². The lowest BCUT2D eigenvalue weighted by molar-refractivity contribution is -0.149. The molecule has 0 aliphatic carbocycles. The molecule has 0 bridgehead atoms. The third kappa shape index (κ3) is 3.47. The Morgan fingerprint density at radius 2 is 2.10 bits per heavy atom. The summed E-state index contributed by atoms with van der Waals surface area (Å²) >= 11 is 5.44. The maximum absolute atomic E-state index is 12.3. The van der Waals surface area contributed by atoms with E-state index in [0.29, 0.717) is 23.5 Å². The van der Waals surface area contributed by atoms with E-state index in [4.69, 9.17) is 0 Å². The molecule has 0 radical (unpaired) electrons. The molecule has 0 spiro atoms. The Balaban J connectivity index is 2.29. The molecule has 7 heteroatoms. The Labute approximate surface area is 132 Å². The van der Waals surface area contributed by atoms with E-state index in [1.165, 1.54) is 16.7 Å². The normalized spacial score (nSPS) is 21.5. The second-order valence-corrected chi connectivity index (χ2v) is 6.29. The molecular weight excluding hydrogens is 310 g/mol. The van der Waals surface area contributed by atoms with E-state index in [2.05, 4.69) is 12.6 Å². The summed E-state index contributed by atoms with van der Waals surface area (Å²) in [5, 5.41) is 18.8. The fraction of sp³-hybridized carbons (Fsp3) is 0.429. The molecule has 21 heavy (non-hydrogen) atoms. The van der Waals surface area contributed by atoms with Crippen molar-refractivity contribution in [1.82, 2.24) is 4.90 Å². The summed E-state index contributed by atoms with van der Waals surface area (Å²) in [4.78, 5) is 25.1. The number of carbonyl (C=O) groups excluding carboxylic acids is 1.